The van der Waals surface area contributed by atoms with Gasteiger partial charge in [-0.25, -0.2) is 21.6 Å². The minimum absolute atomic E-state index is 0.414. The molecule has 0 atom stereocenters. The Morgan fingerprint density at radius 3 is 1.93 bits per heavy atom. The molecule has 0 aromatic heterocycles. The molecule has 0 spiro atoms. The third-order valence-electron chi connectivity index (χ3n) is 1.38. The van der Waals surface area contributed by atoms with E-state index < -0.39 is 32.9 Å². The van der Waals surface area contributed by atoms with Crippen LogP contribution >= 0.6 is 0 Å². The molecule has 14 heavy (non-hydrogen) atoms. The molecule has 1 radical (unpaired) electrons. The molecule has 0 saturated carbocycles. The molecule has 0 bridgehead atoms. The Kier molecular flexibility index (Phi) is 2.84. The average molecular weight is 223 g/mol. The van der Waals surface area contributed by atoms with Crippen molar-refractivity contribution in [3.63, 3.8) is 0 Å². The highest BCUT2D eigenvalue weighted by Crippen LogP contribution is 2.18. The highest BCUT2D eigenvalue weighted by molar-refractivity contribution is 7.92. The van der Waals surface area contributed by atoms with Gasteiger partial charge in [-0.15, -0.1) is 0 Å². The zero-order valence-electron chi connectivity index (χ0n) is 7.09. The summed E-state index contributed by atoms with van der Waals surface area (Å²) in [4.78, 5) is 0. The molecule has 6 heteroatoms. The molecular weight excluding hydrogens is 217 g/mol. The number of benzene rings is 1. The monoisotopic (exact) mass is 223 g/mol. The van der Waals surface area contributed by atoms with Gasteiger partial charge in [0.25, 0.3) is 0 Å². The van der Waals surface area contributed by atoms with Crippen LogP contribution in [0.4, 0.5) is 13.2 Å². The molecule has 0 heterocycles. The van der Waals surface area contributed by atoms with Crippen molar-refractivity contribution in [2.45, 2.75) is 0 Å². The van der Waals surface area contributed by atoms with Crippen molar-refractivity contribution < 1.29 is 21.6 Å². The van der Waals surface area contributed by atoms with E-state index in [-0.39, 0.29) is 0 Å². The van der Waals surface area contributed by atoms with Gasteiger partial charge in [0.2, 0.25) is 0 Å². The minimum Gasteiger partial charge on any atom is -0.228 e. The predicted octanol–water partition coefficient (Wildman–Crippen LogP) is 1.66. The maximum atomic E-state index is 12.9. The molecule has 0 unspecified atom stereocenters. The van der Waals surface area contributed by atoms with Crippen LogP contribution in [0.1, 0.15) is 5.56 Å². The van der Waals surface area contributed by atoms with Gasteiger partial charge in [0.1, 0.15) is 23.2 Å². The van der Waals surface area contributed by atoms with Gasteiger partial charge in [0.15, 0.2) is 9.84 Å². The van der Waals surface area contributed by atoms with E-state index in [9.17, 15) is 21.6 Å². The third-order valence-corrected chi connectivity index (χ3v) is 2.04. The lowest BCUT2D eigenvalue weighted by atomic mass is 10.2. The normalized spacial score (nSPS) is 11.7. The first-order chi connectivity index (χ1) is 6.29. The number of rotatable bonds is 2. The van der Waals surface area contributed by atoms with Crippen LogP contribution in [0.3, 0.4) is 0 Å². The minimum atomic E-state index is -3.66. The van der Waals surface area contributed by atoms with Gasteiger partial charge in [0.05, 0.1) is 0 Å². The molecule has 77 valence electrons. The Morgan fingerprint density at radius 1 is 1.14 bits per heavy atom. The van der Waals surface area contributed by atoms with Crippen LogP contribution in [0.5, 0.6) is 0 Å². The lowest BCUT2D eigenvalue weighted by molar-refractivity contribution is 0.535. The van der Waals surface area contributed by atoms with Crippen molar-refractivity contribution in [1.82, 2.24) is 0 Å². The lowest BCUT2D eigenvalue weighted by Gasteiger charge is -2.02. The molecular formula is C8H6F3O2S. The summed E-state index contributed by atoms with van der Waals surface area (Å²) in [6, 6.07) is 0.834. The largest absolute Gasteiger partial charge is 0.228 e. The molecule has 0 saturated heterocycles. The first-order valence-corrected chi connectivity index (χ1v) is 5.44. The van der Waals surface area contributed by atoms with Crippen LogP contribution in [-0.2, 0) is 9.84 Å². The van der Waals surface area contributed by atoms with Gasteiger partial charge >= 0.3 is 0 Å². The summed E-state index contributed by atoms with van der Waals surface area (Å²) in [6.07, 6.45) is 0.787. The van der Waals surface area contributed by atoms with Crippen LogP contribution in [0, 0.1) is 23.2 Å². The van der Waals surface area contributed by atoms with Crippen molar-refractivity contribution in [3.05, 3.63) is 40.9 Å². The molecule has 2 nitrogen and oxygen atoms in total. The predicted molar refractivity (Wildman–Crippen MR) is 44.6 cm³/mol. The molecule has 0 N–H and O–H groups in total. The zero-order valence-corrected chi connectivity index (χ0v) is 7.91. The number of halogens is 3. The third kappa shape index (κ3) is 2.73. The van der Waals surface area contributed by atoms with Crippen LogP contribution in [0.25, 0.3) is 0 Å². The highest BCUT2D eigenvalue weighted by Gasteiger charge is 2.16. The van der Waals surface area contributed by atoms with E-state index in [1.165, 1.54) is 0 Å². The second-order valence-corrected chi connectivity index (χ2v) is 4.63. The van der Waals surface area contributed by atoms with Crippen molar-refractivity contribution in [3.8, 4) is 0 Å². The second kappa shape index (κ2) is 3.61. The fourth-order valence-electron chi connectivity index (χ4n) is 0.880. The highest BCUT2D eigenvalue weighted by atomic mass is 32.2. The first-order valence-electron chi connectivity index (χ1n) is 3.49. The standard InChI is InChI=1S/C8H6F3O2S/c1-14(12,13)4-6-7(10)2-5(9)3-8(6)11/h2-4H,1H3. The number of hydrogen-bond acceptors (Lipinski definition) is 2. The maximum Gasteiger partial charge on any atom is 0.156 e. The Labute approximate surface area is 79.3 Å². The average Bonchev–Trinajstić information content (AvgIpc) is 1.95. The van der Waals surface area contributed by atoms with Gasteiger partial charge in [-0.05, 0) is 0 Å². The van der Waals surface area contributed by atoms with Crippen LogP contribution < -0.4 is 0 Å². The summed E-state index contributed by atoms with van der Waals surface area (Å²) < 4.78 is 59.5. The molecule has 1 aromatic carbocycles. The first kappa shape index (κ1) is 11.0. The van der Waals surface area contributed by atoms with E-state index in [0.29, 0.717) is 17.9 Å². The summed E-state index contributed by atoms with van der Waals surface area (Å²) in [5.41, 5.74) is -0.756. The summed E-state index contributed by atoms with van der Waals surface area (Å²) >= 11 is 0. The topological polar surface area (TPSA) is 34.1 Å². The Bertz CT molecular complexity index is 431. The molecule has 1 rings (SSSR count). The van der Waals surface area contributed by atoms with E-state index in [2.05, 4.69) is 0 Å². The SMILES string of the molecule is CS(=O)(=O)[CH]c1c(F)cc(F)cc1F. The van der Waals surface area contributed by atoms with Crippen LogP contribution in [-0.4, -0.2) is 14.7 Å². The molecule has 1 aromatic rings. The fourth-order valence-corrected chi connectivity index (χ4v) is 1.53. The smallest absolute Gasteiger partial charge is 0.156 e. The van der Waals surface area contributed by atoms with E-state index in [0.717, 1.165) is 6.26 Å². The molecule has 0 aliphatic heterocycles. The lowest BCUT2D eigenvalue weighted by Crippen LogP contribution is -2.03. The Balaban J connectivity index is 3.22. The van der Waals surface area contributed by atoms with E-state index in [1.807, 2.05) is 0 Å². The Morgan fingerprint density at radius 2 is 1.57 bits per heavy atom. The van der Waals surface area contributed by atoms with E-state index >= 15 is 0 Å². The van der Waals surface area contributed by atoms with Crippen molar-refractivity contribution >= 4 is 9.84 Å². The fraction of sp³-hybridized carbons (Fsp3) is 0.125. The number of hydrogen-bond donors (Lipinski definition) is 0. The molecule has 0 amide bonds. The number of sulfone groups is 1. The summed E-state index contributed by atoms with van der Waals surface area (Å²) in [7, 11) is -3.66. The van der Waals surface area contributed by atoms with Gasteiger partial charge in [-0.2, -0.15) is 0 Å². The van der Waals surface area contributed by atoms with Gasteiger partial charge in [-0.1, -0.05) is 0 Å². The summed E-state index contributed by atoms with van der Waals surface area (Å²) in [5.74, 6) is -3.16. The quantitative estimate of drug-likeness (QED) is 0.764. The van der Waals surface area contributed by atoms with Crippen molar-refractivity contribution in [2.24, 2.45) is 0 Å². The summed E-state index contributed by atoms with van der Waals surface area (Å²) in [5, 5.41) is 0. The van der Waals surface area contributed by atoms with Gasteiger partial charge in [0, 0.05) is 24.0 Å². The van der Waals surface area contributed by atoms with Crippen molar-refractivity contribution in [1.29, 1.82) is 0 Å². The van der Waals surface area contributed by atoms with Crippen LogP contribution in [0.2, 0.25) is 0 Å². The molecule has 0 aliphatic carbocycles. The van der Waals surface area contributed by atoms with E-state index in [4.69, 9.17) is 0 Å². The molecule has 0 aliphatic rings. The van der Waals surface area contributed by atoms with Crippen LogP contribution in [0.15, 0.2) is 12.1 Å². The van der Waals surface area contributed by atoms with Crippen molar-refractivity contribution in [2.75, 3.05) is 6.26 Å². The van der Waals surface area contributed by atoms with Gasteiger partial charge in [-0.3, -0.25) is 0 Å². The zero-order chi connectivity index (χ0) is 10.9. The maximum absolute atomic E-state index is 12.9. The Hall–Kier alpha value is -1.04. The van der Waals surface area contributed by atoms with Gasteiger partial charge < -0.3 is 0 Å². The summed E-state index contributed by atoms with van der Waals surface area (Å²) in [6.45, 7) is 0. The molecule has 0 fully saturated rings. The van der Waals surface area contributed by atoms with E-state index in [1.54, 1.807) is 0 Å². The second-order valence-electron chi connectivity index (χ2n) is 2.73.